The summed E-state index contributed by atoms with van der Waals surface area (Å²) in [7, 11) is 0. The lowest BCUT2D eigenvalue weighted by Gasteiger charge is -2.30. The molecule has 1 aliphatic heterocycles. The van der Waals surface area contributed by atoms with E-state index in [0.29, 0.717) is 37.1 Å². The summed E-state index contributed by atoms with van der Waals surface area (Å²) in [5.41, 5.74) is 1.79. The Bertz CT molecular complexity index is 718. The summed E-state index contributed by atoms with van der Waals surface area (Å²) in [6, 6.07) is 14.6. The van der Waals surface area contributed by atoms with Gasteiger partial charge in [0.1, 0.15) is 12.4 Å². The SMILES string of the molecule is O=C(NCCOc1ccc(Cl)cc1)Nc1ccccc1N1CCOCC1. The fourth-order valence-electron chi connectivity index (χ4n) is 2.69. The third kappa shape index (κ3) is 5.28. The molecule has 2 aromatic rings. The average molecular weight is 376 g/mol. The van der Waals surface area contributed by atoms with Crippen LogP contribution in [0, 0.1) is 0 Å². The number of rotatable bonds is 6. The predicted molar refractivity (Wildman–Crippen MR) is 103 cm³/mol. The quantitative estimate of drug-likeness (QED) is 0.760. The Morgan fingerprint density at radius 3 is 2.62 bits per heavy atom. The molecular weight excluding hydrogens is 354 g/mol. The van der Waals surface area contributed by atoms with Crippen LogP contribution in [0.5, 0.6) is 5.75 Å². The molecular formula is C19H22ClN3O3. The van der Waals surface area contributed by atoms with E-state index in [9.17, 15) is 4.79 Å². The molecule has 2 aromatic carbocycles. The van der Waals surface area contributed by atoms with Crippen LogP contribution < -0.4 is 20.3 Å². The van der Waals surface area contributed by atoms with Crippen molar-refractivity contribution in [2.45, 2.75) is 0 Å². The number of nitrogens with zero attached hydrogens (tertiary/aromatic N) is 1. The zero-order valence-electron chi connectivity index (χ0n) is 14.4. The van der Waals surface area contributed by atoms with E-state index in [-0.39, 0.29) is 6.03 Å². The van der Waals surface area contributed by atoms with Crippen LogP contribution in [0.3, 0.4) is 0 Å². The number of nitrogens with one attached hydrogen (secondary N) is 2. The van der Waals surface area contributed by atoms with E-state index in [4.69, 9.17) is 21.1 Å². The fourth-order valence-corrected chi connectivity index (χ4v) is 2.82. The number of ether oxygens (including phenoxy) is 2. The molecule has 0 aliphatic carbocycles. The maximum absolute atomic E-state index is 12.2. The molecule has 1 saturated heterocycles. The highest BCUT2D eigenvalue weighted by molar-refractivity contribution is 6.30. The van der Waals surface area contributed by atoms with Gasteiger partial charge in [0.25, 0.3) is 0 Å². The highest BCUT2D eigenvalue weighted by Crippen LogP contribution is 2.26. The number of hydrogen-bond donors (Lipinski definition) is 2. The molecule has 2 N–H and O–H groups in total. The van der Waals surface area contributed by atoms with E-state index >= 15 is 0 Å². The molecule has 0 saturated carbocycles. The molecule has 138 valence electrons. The Kier molecular flexibility index (Phi) is 6.57. The minimum absolute atomic E-state index is 0.259. The number of urea groups is 1. The Labute approximate surface area is 158 Å². The van der Waals surface area contributed by atoms with E-state index in [0.717, 1.165) is 24.5 Å². The highest BCUT2D eigenvalue weighted by Gasteiger charge is 2.15. The van der Waals surface area contributed by atoms with Crippen molar-refractivity contribution in [3.8, 4) is 5.75 Å². The summed E-state index contributed by atoms with van der Waals surface area (Å²) < 4.78 is 10.9. The van der Waals surface area contributed by atoms with Crippen LogP contribution in [0.2, 0.25) is 5.02 Å². The first-order valence-corrected chi connectivity index (χ1v) is 8.95. The molecule has 2 amide bonds. The molecule has 6 nitrogen and oxygen atoms in total. The summed E-state index contributed by atoms with van der Waals surface area (Å²) in [6.07, 6.45) is 0. The number of halogens is 1. The third-order valence-corrected chi connectivity index (χ3v) is 4.23. The van der Waals surface area contributed by atoms with Crippen molar-refractivity contribution in [2.75, 3.05) is 49.7 Å². The predicted octanol–water partition coefficient (Wildman–Crippen LogP) is 3.38. The number of carbonyl (C=O) groups excluding carboxylic acids is 1. The number of amides is 2. The Hall–Kier alpha value is -2.44. The van der Waals surface area contributed by atoms with Crippen LogP contribution in [-0.4, -0.2) is 45.5 Å². The van der Waals surface area contributed by atoms with E-state index in [2.05, 4.69) is 15.5 Å². The van der Waals surface area contributed by atoms with Crippen molar-refractivity contribution < 1.29 is 14.3 Å². The highest BCUT2D eigenvalue weighted by atomic mass is 35.5. The van der Waals surface area contributed by atoms with Gasteiger partial charge >= 0.3 is 6.03 Å². The molecule has 0 radical (unpaired) electrons. The van der Waals surface area contributed by atoms with Crippen LogP contribution in [0.1, 0.15) is 0 Å². The number of anilines is 2. The largest absolute Gasteiger partial charge is 0.492 e. The van der Waals surface area contributed by atoms with E-state index < -0.39 is 0 Å². The lowest BCUT2D eigenvalue weighted by atomic mass is 10.2. The van der Waals surface area contributed by atoms with Crippen molar-refractivity contribution in [3.63, 3.8) is 0 Å². The van der Waals surface area contributed by atoms with Crippen molar-refractivity contribution in [2.24, 2.45) is 0 Å². The number of hydrogen-bond acceptors (Lipinski definition) is 4. The normalized spacial score (nSPS) is 14.0. The molecule has 0 unspecified atom stereocenters. The van der Waals surface area contributed by atoms with Crippen molar-refractivity contribution in [1.29, 1.82) is 0 Å². The fraction of sp³-hybridized carbons (Fsp3) is 0.316. The molecule has 0 aromatic heterocycles. The first-order chi connectivity index (χ1) is 12.7. The van der Waals surface area contributed by atoms with Gasteiger partial charge in [-0.2, -0.15) is 0 Å². The maximum Gasteiger partial charge on any atom is 0.319 e. The zero-order valence-corrected chi connectivity index (χ0v) is 15.2. The molecule has 0 spiro atoms. The number of para-hydroxylation sites is 2. The number of benzene rings is 2. The minimum Gasteiger partial charge on any atom is -0.492 e. The van der Waals surface area contributed by atoms with Gasteiger partial charge in [-0.15, -0.1) is 0 Å². The van der Waals surface area contributed by atoms with Gasteiger partial charge in [0, 0.05) is 18.1 Å². The van der Waals surface area contributed by atoms with Gasteiger partial charge in [-0.3, -0.25) is 0 Å². The van der Waals surface area contributed by atoms with Gasteiger partial charge in [-0.1, -0.05) is 23.7 Å². The van der Waals surface area contributed by atoms with Crippen molar-refractivity contribution >= 4 is 29.0 Å². The van der Waals surface area contributed by atoms with Crippen LogP contribution in [-0.2, 0) is 4.74 Å². The summed E-state index contributed by atoms with van der Waals surface area (Å²) in [5, 5.41) is 6.37. The molecule has 0 bridgehead atoms. The van der Waals surface area contributed by atoms with Gasteiger partial charge < -0.3 is 25.0 Å². The van der Waals surface area contributed by atoms with Gasteiger partial charge in [0.05, 0.1) is 31.1 Å². The molecule has 3 rings (SSSR count). The second kappa shape index (κ2) is 9.31. The summed E-state index contributed by atoms with van der Waals surface area (Å²) >= 11 is 5.83. The molecule has 7 heteroatoms. The number of carbonyl (C=O) groups is 1. The zero-order chi connectivity index (χ0) is 18.2. The second-order valence-corrected chi connectivity index (χ2v) is 6.24. The second-order valence-electron chi connectivity index (χ2n) is 5.80. The van der Waals surface area contributed by atoms with Gasteiger partial charge in [0.2, 0.25) is 0 Å². The Morgan fingerprint density at radius 2 is 1.85 bits per heavy atom. The summed E-state index contributed by atoms with van der Waals surface area (Å²) in [5.74, 6) is 0.717. The molecule has 0 atom stereocenters. The van der Waals surface area contributed by atoms with E-state index in [1.165, 1.54) is 0 Å². The molecule has 1 fully saturated rings. The van der Waals surface area contributed by atoms with Crippen LogP contribution in [0.15, 0.2) is 48.5 Å². The van der Waals surface area contributed by atoms with E-state index in [1.807, 2.05) is 24.3 Å². The van der Waals surface area contributed by atoms with Crippen LogP contribution >= 0.6 is 11.6 Å². The van der Waals surface area contributed by atoms with Crippen LogP contribution in [0.25, 0.3) is 0 Å². The summed E-state index contributed by atoms with van der Waals surface area (Å²) in [6.45, 7) is 3.80. The molecule has 1 heterocycles. The monoisotopic (exact) mass is 375 g/mol. The lowest BCUT2D eigenvalue weighted by Crippen LogP contribution is -2.37. The minimum atomic E-state index is -0.259. The standard InChI is InChI=1S/C19H22ClN3O3/c20-15-5-7-16(8-6-15)26-12-9-21-19(24)22-17-3-1-2-4-18(17)23-10-13-25-14-11-23/h1-8H,9-14H2,(H2,21,22,24). The van der Waals surface area contributed by atoms with Crippen molar-refractivity contribution in [1.82, 2.24) is 5.32 Å². The number of morpholine rings is 1. The summed E-state index contributed by atoms with van der Waals surface area (Å²) in [4.78, 5) is 14.4. The molecule has 1 aliphatic rings. The van der Waals surface area contributed by atoms with E-state index in [1.54, 1.807) is 24.3 Å². The van der Waals surface area contributed by atoms with Crippen LogP contribution in [0.4, 0.5) is 16.2 Å². The maximum atomic E-state index is 12.2. The smallest absolute Gasteiger partial charge is 0.319 e. The first kappa shape index (κ1) is 18.4. The third-order valence-electron chi connectivity index (χ3n) is 3.97. The van der Waals surface area contributed by atoms with Gasteiger partial charge in [-0.25, -0.2) is 4.79 Å². The van der Waals surface area contributed by atoms with Gasteiger partial charge in [-0.05, 0) is 36.4 Å². The topological polar surface area (TPSA) is 62.8 Å². The Morgan fingerprint density at radius 1 is 1.12 bits per heavy atom. The molecule has 26 heavy (non-hydrogen) atoms. The van der Waals surface area contributed by atoms with Crippen molar-refractivity contribution in [3.05, 3.63) is 53.6 Å². The Balaban J connectivity index is 1.46. The van der Waals surface area contributed by atoms with Gasteiger partial charge in [0.15, 0.2) is 0 Å². The first-order valence-electron chi connectivity index (χ1n) is 8.57. The lowest BCUT2D eigenvalue weighted by molar-refractivity contribution is 0.123. The average Bonchev–Trinajstić information content (AvgIpc) is 2.68.